The van der Waals surface area contributed by atoms with E-state index in [2.05, 4.69) is 20.3 Å². The average Bonchev–Trinajstić information content (AvgIpc) is 3.19. The molecule has 2 N–H and O–H groups in total. The number of fused-ring (bicyclic) bond motifs is 1. The smallest absolute Gasteiger partial charge is 0.201 e. The number of imidazole rings is 2. The van der Waals surface area contributed by atoms with Gasteiger partial charge in [0, 0.05) is 18.9 Å². The van der Waals surface area contributed by atoms with Crippen LogP contribution in [0.25, 0.3) is 16.7 Å². The Balaban J connectivity index is 1.53. The van der Waals surface area contributed by atoms with Gasteiger partial charge in [0.2, 0.25) is 5.95 Å². The third-order valence-electron chi connectivity index (χ3n) is 3.95. The number of hydrogen-bond donors (Lipinski definition) is 2. The molecule has 5 nitrogen and oxygen atoms in total. The summed E-state index contributed by atoms with van der Waals surface area (Å²) in [4.78, 5) is 11.8. The molecule has 120 valence electrons. The molecule has 2 aromatic heterocycles. The van der Waals surface area contributed by atoms with E-state index >= 15 is 0 Å². The molecule has 0 aliphatic rings. The monoisotopic (exact) mass is 321 g/mol. The third-order valence-corrected chi connectivity index (χ3v) is 3.95. The molecular formula is C18H16FN5. The second-order valence-corrected chi connectivity index (χ2v) is 5.59. The number of benzene rings is 2. The first-order chi connectivity index (χ1) is 11.7. The second-order valence-electron chi connectivity index (χ2n) is 5.59. The first kappa shape index (κ1) is 14.4. The topological polar surface area (TPSA) is 58.5 Å². The summed E-state index contributed by atoms with van der Waals surface area (Å²) in [6, 6.07) is 13.0. The van der Waals surface area contributed by atoms with Crippen LogP contribution < -0.4 is 5.32 Å². The van der Waals surface area contributed by atoms with Gasteiger partial charge in [0.25, 0.3) is 0 Å². The van der Waals surface area contributed by atoms with Gasteiger partial charge in [-0.1, -0.05) is 18.2 Å². The van der Waals surface area contributed by atoms with E-state index in [1.807, 2.05) is 37.3 Å². The van der Waals surface area contributed by atoms with Crippen LogP contribution in [0.2, 0.25) is 0 Å². The minimum Gasteiger partial charge on any atom is -0.352 e. The summed E-state index contributed by atoms with van der Waals surface area (Å²) in [5, 5.41) is 3.19. The van der Waals surface area contributed by atoms with Crippen molar-refractivity contribution in [3.8, 4) is 5.69 Å². The Kier molecular flexibility index (Phi) is 3.49. The molecule has 0 atom stereocenters. The molecule has 0 saturated heterocycles. The number of aryl methyl sites for hydroxylation is 1. The largest absolute Gasteiger partial charge is 0.352 e. The van der Waals surface area contributed by atoms with E-state index in [0.717, 1.165) is 22.4 Å². The van der Waals surface area contributed by atoms with Gasteiger partial charge >= 0.3 is 0 Å². The number of anilines is 1. The van der Waals surface area contributed by atoms with Gasteiger partial charge in [-0.05, 0) is 36.8 Å². The Hall–Kier alpha value is -3.15. The predicted octanol–water partition coefficient (Wildman–Crippen LogP) is 3.81. The van der Waals surface area contributed by atoms with Gasteiger partial charge in [0.1, 0.15) is 11.6 Å². The van der Waals surface area contributed by atoms with Crippen molar-refractivity contribution in [3.05, 3.63) is 72.1 Å². The van der Waals surface area contributed by atoms with Crippen LogP contribution in [0.15, 0.2) is 54.9 Å². The predicted molar refractivity (Wildman–Crippen MR) is 91.7 cm³/mol. The molecule has 4 aromatic rings. The van der Waals surface area contributed by atoms with Gasteiger partial charge in [-0.15, -0.1) is 0 Å². The van der Waals surface area contributed by atoms with E-state index in [0.29, 0.717) is 18.2 Å². The Morgan fingerprint density at radius 3 is 2.83 bits per heavy atom. The van der Waals surface area contributed by atoms with Crippen LogP contribution in [0.5, 0.6) is 0 Å². The first-order valence-corrected chi connectivity index (χ1v) is 7.68. The van der Waals surface area contributed by atoms with Crippen molar-refractivity contribution < 1.29 is 4.39 Å². The highest BCUT2D eigenvalue weighted by Gasteiger charge is 2.08. The zero-order valence-electron chi connectivity index (χ0n) is 13.1. The summed E-state index contributed by atoms with van der Waals surface area (Å²) >= 11 is 0. The molecule has 0 radical (unpaired) electrons. The van der Waals surface area contributed by atoms with Gasteiger partial charge in [0.05, 0.1) is 16.7 Å². The van der Waals surface area contributed by atoms with Gasteiger partial charge < -0.3 is 14.9 Å². The molecule has 6 heteroatoms. The molecule has 0 bridgehead atoms. The van der Waals surface area contributed by atoms with E-state index in [9.17, 15) is 4.39 Å². The molecule has 2 heterocycles. The lowest BCUT2D eigenvalue weighted by atomic mass is 10.2. The molecule has 0 amide bonds. The first-order valence-electron chi connectivity index (χ1n) is 7.68. The number of para-hydroxylation sites is 2. The van der Waals surface area contributed by atoms with Crippen LogP contribution in [0, 0.1) is 12.7 Å². The van der Waals surface area contributed by atoms with Crippen LogP contribution in [0.1, 0.15) is 11.4 Å². The molecular weight excluding hydrogens is 305 g/mol. The Morgan fingerprint density at radius 1 is 1.21 bits per heavy atom. The van der Waals surface area contributed by atoms with E-state index in [-0.39, 0.29) is 5.82 Å². The summed E-state index contributed by atoms with van der Waals surface area (Å²) in [5.74, 6) is 1.15. The van der Waals surface area contributed by atoms with Crippen LogP contribution in [0.3, 0.4) is 0 Å². The molecule has 0 spiro atoms. The molecule has 0 aliphatic heterocycles. The number of aromatic nitrogens is 4. The number of nitrogens with zero attached hydrogens (tertiary/aromatic N) is 3. The number of halogens is 1. The van der Waals surface area contributed by atoms with Crippen molar-refractivity contribution in [2.75, 3.05) is 5.32 Å². The standard InChI is InChI=1S/C18H16FN5/c1-12-20-8-9-24(12)17-7-6-13(10-14(17)19)11-21-18-22-15-4-2-3-5-16(15)23-18/h2-10H,11H2,1H3,(H2,21,22,23). The third kappa shape index (κ3) is 2.62. The van der Waals surface area contributed by atoms with Crippen molar-refractivity contribution in [2.24, 2.45) is 0 Å². The zero-order valence-corrected chi connectivity index (χ0v) is 13.1. The highest BCUT2D eigenvalue weighted by atomic mass is 19.1. The quantitative estimate of drug-likeness (QED) is 0.601. The minimum absolute atomic E-state index is 0.278. The summed E-state index contributed by atoms with van der Waals surface area (Å²) in [6.07, 6.45) is 3.41. The fraction of sp³-hybridized carbons (Fsp3) is 0.111. The second kappa shape index (κ2) is 5.81. The maximum Gasteiger partial charge on any atom is 0.201 e. The van der Waals surface area contributed by atoms with Crippen molar-refractivity contribution in [2.45, 2.75) is 13.5 Å². The highest BCUT2D eigenvalue weighted by Crippen LogP contribution is 2.18. The van der Waals surface area contributed by atoms with Gasteiger partial charge in [-0.25, -0.2) is 14.4 Å². The number of rotatable bonds is 4. The highest BCUT2D eigenvalue weighted by molar-refractivity contribution is 5.77. The van der Waals surface area contributed by atoms with Crippen molar-refractivity contribution in [3.63, 3.8) is 0 Å². The van der Waals surface area contributed by atoms with Gasteiger partial charge in [-0.3, -0.25) is 0 Å². The van der Waals surface area contributed by atoms with Gasteiger partial charge in [-0.2, -0.15) is 0 Å². The lowest BCUT2D eigenvalue weighted by Crippen LogP contribution is -2.04. The fourth-order valence-electron chi connectivity index (χ4n) is 2.71. The summed E-state index contributed by atoms with van der Waals surface area (Å²) in [6.45, 7) is 2.33. The Labute approximate surface area is 138 Å². The SMILES string of the molecule is Cc1nccn1-c1ccc(CNc2nc3ccccc3[nH]2)cc1F. The van der Waals surface area contributed by atoms with Crippen molar-refractivity contribution in [1.82, 2.24) is 19.5 Å². The Morgan fingerprint density at radius 2 is 2.08 bits per heavy atom. The summed E-state index contributed by atoms with van der Waals surface area (Å²) < 4.78 is 16.1. The van der Waals surface area contributed by atoms with Crippen LogP contribution in [-0.2, 0) is 6.54 Å². The van der Waals surface area contributed by atoms with E-state index in [1.54, 1.807) is 23.0 Å². The summed E-state index contributed by atoms with van der Waals surface area (Å²) in [7, 11) is 0. The molecule has 0 aliphatic carbocycles. The lowest BCUT2D eigenvalue weighted by Gasteiger charge is -2.09. The summed E-state index contributed by atoms with van der Waals surface area (Å²) in [5.41, 5.74) is 3.21. The van der Waals surface area contributed by atoms with Crippen molar-refractivity contribution >= 4 is 17.0 Å². The molecule has 24 heavy (non-hydrogen) atoms. The molecule has 4 rings (SSSR count). The van der Waals surface area contributed by atoms with Crippen LogP contribution in [0.4, 0.5) is 10.3 Å². The number of hydrogen-bond acceptors (Lipinski definition) is 3. The average molecular weight is 321 g/mol. The Bertz CT molecular complexity index is 968. The van der Waals surface area contributed by atoms with E-state index in [4.69, 9.17) is 0 Å². The van der Waals surface area contributed by atoms with Crippen molar-refractivity contribution in [1.29, 1.82) is 0 Å². The maximum atomic E-state index is 14.4. The normalized spacial score (nSPS) is 11.1. The number of nitrogens with one attached hydrogen (secondary N) is 2. The lowest BCUT2D eigenvalue weighted by molar-refractivity contribution is 0.614. The molecule has 0 unspecified atom stereocenters. The number of H-pyrrole nitrogens is 1. The molecule has 0 saturated carbocycles. The minimum atomic E-state index is -0.278. The zero-order chi connectivity index (χ0) is 16.5. The van der Waals surface area contributed by atoms with E-state index in [1.165, 1.54) is 6.07 Å². The van der Waals surface area contributed by atoms with E-state index < -0.39 is 0 Å². The number of aromatic amines is 1. The maximum absolute atomic E-state index is 14.4. The molecule has 2 aromatic carbocycles. The fourth-order valence-corrected chi connectivity index (χ4v) is 2.71. The molecule has 0 fully saturated rings. The van der Waals surface area contributed by atoms with Gasteiger partial charge in [0.15, 0.2) is 0 Å². The van der Waals surface area contributed by atoms with Crippen LogP contribution >= 0.6 is 0 Å². The van der Waals surface area contributed by atoms with Crippen LogP contribution in [-0.4, -0.2) is 19.5 Å².